The summed E-state index contributed by atoms with van der Waals surface area (Å²) in [5.74, 6) is 4.84. The molecule has 1 saturated heterocycles. The number of benzene rings is 1. The molecule has 1 aliphatic heterocycles. The van der Waals surface area contributed by atoms with E-state index in [1.807, 2.05) is 0 Å². The van der Waals surface area contributed by atoms with E-state index in [4.69, 9.17) is 30.0 Å². The Labute approximate surface area is 220 Å². The lowest BCUT2D eigenvalue weighted by Crippen LogP contribution is -2.55. The lowest BCUT2D eigenvalue weighted by molar-refractivity contribution is -0.149. The molecule has 0 amide bonds. The number of nitrogens with one attached hydrogen (secondary N) is 1. The minimum absolute atomic E-state index is 0.0101. The van der Waals surface area contributed by atoms with Crippen LogP contribution in [-0.4, -0.2) is 57.1 Å². The van der Waals surface area contributed by atoms with Crippen molar-refractivity contribution in [2.24, 2.45) is 5.73 Å². The molecule has 1 fully saturated rings. The van der Waals surface area contributed by atoms with Gasteiger partial charge in [0.2, 0.25) is 0 Å². The second-order valence-corrected chi connectivity index (χ2v) is 10.5. The Kier molecular flexibility index (Phi) is 9.32. The predicted molar refractivity (Wildman–Crippen MR) is 138 cm³/mol. The molecule has 14 heteroatoms. The first-order valence-corrected chi connectivity index (χ1v) is 13.3. The highest BCUT2D eigenvalue weighted by Crippen LogP contribution is 2.46. The number of para-hydroxylation sites is 1. The summed E-state index contributed by atoms with van der Waals surface area (Å²) in [7, 11) is -4.25. The minimum Gasteiger partial charge on any atom is -0.462 e. The fourth-order valence-electron chi connectivity index (χ4n) is 3.69. The maximum atomic E-state index is 13.7. The average molecular weight is 550 g/mol. The molecule has 2 heterocycles. The number of nitrogens with zero attached hydrogens (tertiary/aromatic N) is 2. The molecule has 0 bridgehead atoms. The van der Waals surface area contributed by atoms with Crippen molar-refractivity contribution in [1.82, 2.24) is 14.6 Å². The first-order chi connectivity index (χ1) is 17.9. The van der Waals surface area contributed by atoms with Gasteiger partial charge in [-0.2, -0.15) is 10.1 Å². The van der Waals surface area contributed by atoms with E-state index < -0.39 is 62.1 Å². The molecule has 13 nitrogen and oxygen atoms in total. The number of aliphatic hydroxyl groups is 1. The average Bonchev–Trinajstić information content (AvgIpc) is 3.08. The summed E-state index contributed by atoms with van der Waals surface area (Å²) in [5.41, 5.74) is 9.47. The van der Waals surface area contributed by atoms with Crippen LogP contribution in [0.5, 0.6) is 5.75 Å². The van der Waals surface area contributed by atoms with Crippen molar-refractivity contribution in [3.05, 3.63) is 53.1 Å². The summed E-state index contributed by atoms with van der Waals surface area (Å²) in [4.78, 5) is 28.5. The van der Waals surface area contributed by atoms with Crippen molar-refractivity contribution < 1.29 is 33.0 Å². The fourth-order valence-corrected chi connectivity index (χ4v) is 5.20. The fraction of sp³-hybridized carbons (Fsp3) is 0.458. The lowest BCUT2D eigenvalue weighted by Gasteiger charge is -2.28. The molecule has 6 atom stereocenters. The maximum Gasteiger partial charge on any atom is 0.459 e. The zero-order valence-electron chi connectivity index (χ0n) is 21.4. The Balaban J connectivity index is 1.86. The number of carbonyl (C=O) groups excluding carboxylic acids is 1. The second kappa shape index (κ2) is 12.1. The third-order valence-corrected chi connectivity index (χ3v) is 7.08. The van der Waals surface area contributed by atoms with E-state index in [1.165, 1.54) is 26.1 Å². The van der Waals surface area contributed by atoms with Gasteiger partial charge in [0.1, 0.15) is 29.8 Å². The number of rotatable bonds is 10. The Hall–Kier alpha value is -3.24. The quantitative estimate of drug-likeness (QED) is 0.187. The minimum atomic E-state index is -4.25. The number of carbonyl (C=O) groups is 1. The summed E-state index contributed by atoms with van der Waals surface area (Å²) in [6, 6.07) is 8.45. The Morgan fingerprint density at radius 1 is 1.32 bits per heavy atom. The van der Waals surface area contributed by atoms with E-state index in [1.54, 1.807) is 44.2 Å². The summed E-state index contributed by atoms with van der Waals surface area (Å²) in [6.45, 7) is 5.79. The number of hydrogen-bond acceptors (Lipinski definition) is 11. The molecule has 0 saturated carbocycles. The summed E-state index contributed by atoms with van der Waals surface area (Å²) >= 11 is 0. The number of hydrogen-bond donors (Lipinski definition) is 4. The van der Waals surface area contributed by atoms with Crippen LogP contribution in [0.25, 0.3) is 0 Å². The molecule has 0 radical (unpaired) electrons. The molecular weight excluding hydrogens is 517 g/mol. The first-order valence-electron chi connectivity index (χ1n) is 11.8. The van der Waals surface area contributed by atoms with Crippen LogP contribution < -0.4 is 26.8 Å². The van der Waals surface area contributed by atoms with Crippen molar-refractivity contribution in [2.75, 3.05) is 12.3 Å². The molecule has 1 aromatic heterocycles. The Morgan fingerprint density at radius 2 is 2.00 bits per heavy atom. The summed E-state index contributed by atoms with van der Waals surface area (Å²) in [6.07, 6.45) is -3.05. The van der Waals surface area contributed by atoms with Crippen molar-refractivity contribution >= 4 is 19.5 Å². The molecule has 2 unspecified atom stereocenters. The molecule has 1 aromatic carbocycles. The van der Waals surface area contributed by atoms with E-state index in [0.29, 0.717) is 0 Å². The van der Waals surface area contributed by atoms with Crippen LogP contribution in [0.15, 0.2) is 47.4 Å². The molecule has 206 valence electrons. The van der Waals surface area contributed by atoms with Crippen molar-refractivity contribution in [3.63, 3.8) is 0 Å². The standard InChI is InChI=1S/C24H32N5O8P/c1-5-12-24(26)20(30)18(36-22(24)29-13-11-19(25)27-23(29)32)14-34-38(33,37-17-9-7-6-8-10-17)28-16(4)21(31)35-15(2)3/h6-11,13,15-16,18,20,22,30H,14,26H2,1-4H3,(H,28,33)(H2,25,27,32)/t16-,18+,20-,22+,24?,38?/m0/s1. The van der Waals surface area contributed by atoms with Gasteiger partial charge in [-0.1, -0.05) is 24.1 Å². The zero-order valence-corrected chi connectivity index (χ0v) is 22.3. The molecule has 3 rings (SSSR count). The van der Waals surface area contributed by atoms with Crippen LogP contribution in [0.2, 0.25) is 0 Å². The second-order valence-electron chi connectivity index (χ2n) is 8.86. The van der Waals surface area contributed by atoms with Crippen LogP contribution in [0.1, 0.15) is 33.9 Å². The molecule has 38 heavy (non-hydrogen) atoms. The van der Waals surface area contributed by atoms with Gasteiger partial charge >= 0.3 is 19.4 Å². The highest BCUT2D eigenvalue weighted by atomic mass is 31.2. The summed E-state index contributed by atoms with van der Waals surface area (Å²) < 4.78 is 37.1. The molecular formula is C24H32N5O8P. The number of esters is 1. The smallest absolute Gasteiger partial charge is 0.459 e. The van der Waals surface area contributed by atoms with E-state index in [2.05, 4.69) is 21.9 Å². The molecule has 0 aliphatic carbocycles. The molecule has 1 aliphatic rings. The SMILES string of the molecule is CC#CC1(N)[C@@H](O)[C@@H](COP(=O)(N[C@@H](C)C(=O)OC(C)C)Oc2ccccc2)O[C@H]1n1ccc(N)nc1=O. The van der Waals surface area contributed by atoms with E-state index >= 15 is 0 Å². The molecule has 0 spiro atoms. The number of aliphatic hydroxyl groups excluding tert-OH is 1. The van der Waals surface area contributed by atoms with Gasteiger partial charge in [-0.15, -0.1) is 5.92 Å². The van der Waals surface area contributed by atoms with Crippen LogP contribution in [0, 0.1) is 11.8 Å². The number of nitrogen functional groups attached to an aromatic ring is 1. The van der Waals surface area contributed by atoms with Crippen LogP contribution in [-0.2, 0) is 23.4 Å². The van der Waals surface area contributed by atoms with E-state index in [9.17, 15) is 19.3 Å². The summed E-state index contributed by atoms with van der Waals surface area (Å²) in [5, 5.41) is 13.6. The monoisotopic (exact) mass is 549 g/mol. The third-order valence-electron chi connectivity index (χ3n) is 5.43. The number of anilines is 1. The Morgan fingerprint density at radius 3 is 2.61 bits per heavy atom. The van der Waals surface area contributed by atoms with Gasteiger partial charge in [0.05, 0.1) is 12.7 Å². The van der Waals surface area contributed by atoms with E-state index in [0.717, 1.165) is 4.57 Å². The van der Waals surface area contributed by atoms with Gasteiger partial charge in [-0.3, -0.25) is 13.9 Å². The highest BCUT2D eigenvalue weighted by Gasteiger charge is 2.55. The molecule has 2 aromatic rings. The van der Waals surface area contributed by atoms with Gasteiger partial charge in [0.25, 0.3) is 0 Å². The topological polar surface area (TPSA) is 190 Å². The normalized spacial score (nSPS) is 25.2. The first kappa shape index (κ1) is 29.3. The lowest BCUT2D eigenvalue weighted by atomic mass is 9.91. The Bertz CT molecular complexity index is 1290. The third kappa shape index (κ3) is 6.79. The zero-order chi connectivity index (χ0) is 28.1. The van der Waals surface area contributed by atoms with E-state index in [-0.39, 0.29) is 11.6 Å². The van der Waals surface area contributed by atoms with Gasteiger partial charge in [0.15, 0.2) is 11.8 Å². The van der Waals surface area contributed by atoms with Gasteiger partial charge in [0, 0.05) is 6.20 Å². The predicted octanol–water partition coefficient (Wildman–Crippen LogP) is 0.938. The van der Waals surface area contributed by atoms with Crippen molar-refractivity contribution in [1.29, 1.82) is 0 Å². The van der Waals surface area contributed by atoms with Crippen LogP contribution in [0.4, 0.5) is 5.82 Å². The number of nitrogens with two attached hydrogens (primary N) is 2. The largest absolute Gasteiger partial charge is 0.462 e. The molecule has 6 N–H and O–H groups in total. The van der Waals surface area contributed by atoms with Gasteiger partial charge in [-0.05, 0) is 45.9 Å². The maximum absolute atomic E-state index is 13.7. The number of aromatic nitrogens is 2. The highest BCUT2D eigenvalue weighted by molar-refractivity contribution is 7.52. The van der Waals surface area contributed by atoms with Crippen molar-refractivity contribution in [2.45, 2.75) is 63.8 Å². The van der Waals surface area contributed by atoms with Crippen LogP contribution >= 0.6 is 7.75 Å². The number of ether oxygens (including phenoxy) is 2. The van der Waals surface area contributed by atoms with Crippen molar-refractivity contribution in [3.8, 4) is 17.6 Å². The van der Waals surface area contributed by atoms with Gasteiger partial charge < -0.3 is 30.6 Å². The van der Waals surface area contributed by atoms with Crippen LogP contribution in [0.3, 0.4) is 0 Å². The van der Waals surface area contributed by atoms with Gasteiger partial charge in [-0.25, -0.2) is 9.36 Å².